The zero-order valence-electron chi connectivity index (χ0n) is 12.2. The minimum absolute atomic E-state index is 0.242. The van der Waals surface area contributed by atoms with Crippen LogP contribution in [0.1, 0.15) is 37.0 Å². The zero-order valence-corrected chi connectivity index (χ0v) is 12.2. The molecule has 2 rings (SSSR count). The Labute approximate surface area is 120 Å². The van der Waals surface area contributed by atoms with E-state index in [1.54, 1.807) is 25.3 Å². The number of nitrogens with two attached hydrogens (primary N) is 1. The molecule has 0 bridgehead atoms. The molecule has 0 saturated carbocycles. The Hall–Kier alpha value is -1.62. The van der Waals surface area contributed by atoms with E-state index in [-0.39, 0.29) is 12.0 Å². The van der Waals surface area contributed by atoms with Crippen LogP contribution in [0.5, 0.6) is 0 Å². The van der Waals surface area contributed by atoms with E-state index in [4.69, 9.17) is 10.5 Å². The fourth-order valence-corrected chi connectivity index (χ4v) is 2.69. The van der Waals surface area contributed by atoms with Crippen LogP contribution in [0.25, 0.3) is 0 Å². The molecule has 2 atom stereocenters. The summed E-state index contributed by atoms with van der Waals surface area (Å²) in [5.74, 6) is 0.857. The van der Waals surface area contributed by atoms with Crippen molar-refractivity contribution in [1.82, 2.24) is 4.98 Å². The third-order valence-corrected chi connectivity index (χ3v) is 3.90. The molecule has 1 aliphatic heterocycles. The van der Waals surface area contributed by atoms with E-state index in [0.717, 1.165) is 31.7 Å². The van der Waals surface area contributed by atoms with Gasteiger partial charge in [-0.3, -0.25) is 0 Å². The van der Waals surface area contributed by atoms with Gasteiger partial charge < -0.3 is 15.4 Å². The van der Waals surface area contributed by atoms with Gasteiger partial charge in [-0.15, -0.1) is 0 Å². The van der Waals surface area contributed by atoms with Crippen LogP contribution in [-0.4, -0.2) is 36.7 Å². The van der Waals surface area contributed by atoms with Gasteiger partial charge in [-0.25, -0.2) is 9.78 Å². The lowest BCUT2D eigenvalue weighted by atomic mass is 9.90. The van der Waals surface area contributed by atoms with Crippen molar-refractivity contribution in [2.24, 2.45) is 11.7 Å². The van der Waals surface area contributed by atoms with E-state index >= 15 is 0 Å². The number of pyridine rings is 1. The van der Waals surface area contributed by atoms with Crippen molar-refractivity contribution in [1.29, 1.82) is 0 Å². The Morgan fingerprint density at radius 3 is 3.05 bits per heavy atom. The molecule has 0 aliphatic carbocycles. The number of ether oxygens (including phenoxy) is 1. The van der Waals surface area contributed by atoms with E-state index in [0.29, 0.717) is 18.1 Å². The van der Waals surface area contributed by atoms with E-state index < -0.39 is 0 Å². The van der Waals surface area contributed by atoms with Crippen LogP contribution >= 0.6 is 0 Å². The van der Waals surface area contributed by atoms with Crippen molar-refractivity contribution in [3.05, 3.63) is 23.9 Å². The van der Waals surface area contributed by atoms with Gasteiger partial charge in [-0.2, -0.15) is 0 Å². The molecule has 1 saturated heterocycles. The summed E-state index contributed by atoms with van der Waals surface area (Å²) < 4.78 is 5.10. The lowest BCUT2D eigenvalue weighted by molar-refractivity contribution is 0.0526. The lowest BCUT2D eigenvalue weighted by Gasteiger charge is -2.37. The number of hydrogen-bond acceptors (Lipinski definition) is 5. The number of aromatic nitrogens is 1. The van der Waals surface area contributed by atoms with Gasteiger partial charge in [-0.1, -0.05) is 13.3 Å². The zero-order chi connectivity index (χ0) is 14.5. The summed E-state index contributed by atoms with van der Waals surface area (Å²) >= 11 is 0. The summed E-state index contributed by atoms with van der Waals surface area (Å²) in [7, 11) is 0. The normalized spacial score (nSPS) is 22.6. The summed E-state index contributed by atoms with van der Waals surface area (Å²) in [6.45, 7) is 6.01. The first-order valence-corrected chi connectivity index (χ1v) is 7.30. The first-order chi connectivity index (χ1) is 9.67. The molecule has 5 heteroatoms. The topological polar surface area (TPSA) is 68.5 Å². The molecule has 5 nitrogen and oxygen atoms in total. The highest BCUT2D eigenvalue weighted by Crippen LogP contribution is 2.25. The van der Waals surface area contributed by atoms with Gasteiger partial charge >= 0.3 is 5.97 Å². The fourth-order valence-electron chi connectivity index (χ4n) is 2.69. The van der Waals surface area contributed by atoms with Crippen molar-refractivity contribution in [2.45, 2.75) is 32.7 Å². The van der Waals surface area contributed by atoms with Crippen LogP contribution in [0.3, 0.4) is 0 Å². The van der Waals surface area contributed by atoms with E-state index in [1.165, 1.54) is 0 Å². The van der Waals surface area contributed by atoms with Gasteiger partial charge in [-0.05, 0) is 31.4 Å². The number of piperidine rings is 1. The molecule has 110 valence electrons. The molecule has 2 heterocycles. The maximum atomic E-state index is 12.0. The summed E-state index contributed by atoms with van der Waals surface area (Å²) in [4.78, 5) is 18.6. The monoisotopic (exact) mass is 277 g/mol. The Bertz CT molecular complexity index is 464. The first kappa shape index (κ1) is 14.8. The molecule has 1 aliphatic rings. The molecule has 0 spiro atoms. The molecular formula is C15H23N3O2. The van der Waals surface area contributed by atoms with Crippen LogP contribution < -0.4 is 10.6 Å². The molecule has 1 aromatic rings. The van der Waals surface area contributed by atoms with Crippen molar-refractivity contribution >= 4 is 11.8 Å². The van der Waals surface area contributed by atoms with Gasteiger partial charge in [0.1, 0.15) is 11.4 Å². The van der Waals surface area contributed by atoms with Crippen molar-refractivity contribution in [3.8, 4) is 0 Å². The third kappa shape index (κ3) is 3.10. The van der Waals surface area contributed by atoms with Crippen LogP contribution in [0, 0.1) is 5.92 Å². The molecular weight excluding hydrogens is 254 g/mol. The summed E-state index contributed by atoms with van der Waals surface area (Å²) in [5.41, 5.74) is 6.68. The Morgan fingerprint density at radius 2 is 2.35 bits per heavy atom. The summed E-state index contributed by atoms with van der Waals surface area (Å²) in [6.07, 6.45) is 3.68. The fraction of sp³-hybridized carbons (Fsp3) is 0.600. The Kier molecular flexibility index (Phi) is 4.95. The van der Waals surface area contributed by atoms with Gasteiger partial charge in [0.25, 0.3) is 0 Å². The average Bonchev–Trinajstić information content (AvgIpc) is 2.48. The third-order valence-electron chi connectivity index (χ3n) is 3.90. The minimum atomic E-state index is -0.307. The Balaban J connectivity index is 2.22. The lowest BCUT2D eigenvalue weighted by Crippen LogP contribution is -2.47. The summed E-state index contributed by atoms with van der Waals surface area (Å²) in [6, 6.07) is 3.78. The highest BCUT2D eigenvalue weighted by Gasteiger charge is 2.28. The van der Waals surface area contributed by atoms with Crippen LogP contribution in [0.2, 0.25) is 0 Å². The van der Waals surface area contributed by atoms with Gasteiger partial charge in [0.15, 0.2) is 0 Å². The van der Waals surface area contributed by atoms with E-state index in [1.807, 2.05) is 0 Å². The number of esters is 1. The van der Waals surface area contributed by atoms with Crippen LogP contribution in [0.15, 0.2) is 18.3 Å². The highest BCUT2D eigenvalue weighted by molar-refractivity contribution is 5.94. The highest BCUT2D eigenvalue weighted by atomic mass is 16.5. The van der Waals surface area contributed by atoms with Crippen molar-refractivity contribution < 1.29 is 9.53 Å². The minimum Gasteiger partial charge on any atom is -0.462 e. The Morgan fingerprint density at radius 1 is 1.55 bits per heavy atom. The van der Waals surface area contributed by atoms with Gasteiger partial charge in [0, 0.05) is 25.3 Å². The number of hydrogen-bond donors (Lipinski definition) is 1. The molecule has 2 unspecified atom stereocenters. The number of carbonyl (C=O) groups excluding carboxylic acids is 1. The van der Waals surface area contributed by atoms with Crippen LogP contribution in [-0.2, 0) is 4.74 Å². The second-order valence-corrected chi connectivity index (χ2v) is 5.16. The average molecular weight is 277 g/mol. The SMILES string of the molecule is CCOC(=O)c1cccnc1N1CCC(N)C(CC)C1. The second kappa shape index (κ2) is 6.70. The van der Waals surface area contributed by atoms with Crippen molar-refractivity contribution in [2.75, 3.05) is 24.6 Å². The largest absolute Gasteiger partial charge is 0.462 e. The predicted molar refractivity (Wildman–Crippen MR) is 78.8 cm³/mol. The summed E-state index contributed by atoms with van der Waals surface area (Å²) in [5, 5.41) is 0. The van der Waals surface area contributed by atoms with Crippen molar-refractivity contribution in [3.63, 3.8) is 0 Å². The smallest absolute Gasteiger partial charge is 0.341 e. The molecule has 20 heavy (non-hydrogen) atoms. The van der Waals surface area contributed by atoms with Gasteiger partial charge in [0.05, 0.1) is 6.61 Å². The second-order valence-electron chi connectivity index (χ2n) is 5.16. The van der Waals surface area contributed by atoms with Crippen LogP contribution in [0.4, 0.5) is 5.82 Å². The quantitative estimate of drug-likeness (QED) is 0.850. The maximum absolute atomic E-state index is 12.0. The molecule has 0 aromatic carbocycles. The number of rotatable bonds is 4. The number of carbonyl (C=O) groups is 1. The number of anilines is 1. The molecule has 1 fully saturated rings. The molecule has 0 amide bonds. The van der Waals surface area contributed by atoms with E-state index in [9.17, 15) is 4.79 Å². The number of nitrogens with zero attached hydrogens (tertiary/aromatic N) is 2. The molecule has 0 radical (unpaired) electrons. The first-order valence-electron chi connectivity index (χ1n) is 7.30. The molecule has 2 N–H and O–H groups in total. The standard InChI is InChI=1S/C15H23N3O2/c1-3-11-10-18(9-7-13(11)16)14-12(6-5-8-17-14)15(19)20-4-2/h5-6,8,11,13H,3-4,7,9-10,16H2,1-2H3. The predicted octanol–water partition coefficient (Wildman–Crippen LogP) is 1.82. The maximum Gasteiger partial charge on any atom is 0.341 e. The molecule has 1 aromatic heterocycles. The van der Waals surface area contributed by atoms with E-state index in [2.05, 4.69) is 16.8 Å². The van der Waals surface area contributed by atoms with Gasteiger partial charge in [0.2, 0.25) is 0 Å².